The van der Waals surface area contributed by atoms with Crippen molar-refractivity contribution >= 4 is 11.8 Å². The molecule has 2 aromatic carbocycles. The van der Waals surface area contributed by atoms with Crippen LogP contribution in [0.5, 0.6) is 0 Å². The zero-order valence-corrected chi connectivity index (χ0v) is 13.2. The number of rotatable bonds is 5. The van der Waals surface area contributed by atoms with E-state index < -0.39 is 0 Å². The van der Waals surface area contributed by atoms with E-state index in [0.717, 1.165) is 11.1 Å². The van der Waals surface area contributed by atoms with Crippen molar-refractivity contribution < 1.29 is 9.59 Å². The van der Waals surface area contributed by atoms with Crippen LogP contribution < -0.4 is 0 Å². The number of likely N-dealkylation sites (N-methyl/N-ethyl adjacent to an activating group) is 1. The molecule has 3 rings (SSSR count). The Balaban J connectivity index is 1.68. The summed E-state index contributed by atoms with van der Waals surface area (Å²) < 4.78 is 0. The first kappa shape index (κ1) is 15.4. The minimum absolute atomic E-state index is 0.0937. The molecule has 0 saturated carbocycles. The number of likely N-dealkylation sites (tertiary alicyclic amines) is 1. The van der Waals surface area contributed by atoms with Crippen molar-refractivity contribution in [1.82, 2.24) is 9.80 Å². The van der Waals surface area contributed by atoms with Gasteiger partial charge < -0.3 is 0 Å². The van der Waals surface area contributed by atoms with Gasteiger partial charge in [0.05, 0.1) is 19.0 Å². The molecule has 1 aliphatic heterocycles. The molecule has 1 saturated heterocycles. The predicted molar refractivity (Wildman–Crippen MR) is 88.3 cm³/mol. The average Bonchev–Trinajstić information content (AvgIpc) is 2.85. The van der Waals surface area contributed by atoms with Gasteiger partial charge in [0.2, 0.25) is 11.8 Å². The van der Waals surface area contributed by atoms with Crippen LogP contribution in [-0.4, -0.2) is 34.7 Å². The van der Waals surface area contributed by atoms with Gasteiger partial charge in [-0.05, 0) is 18.2 Å². The number of hydrogen-bond donors (Lipinski definition) is 0. The van der Waals surface area contributed by atoms with Crippen LogP contribution in [0, 0.1) is 0 Å². The first-order chi connectivity index (χ1) is 11.1. The van der Waals surface area contributed by atoms with Gasteiger partial charge in [-0.1, -0.05) is 60.7 Å². The highest BCUT2D eigenvalue weighted by Gasteiger charge is 2.40. The highest BCUT2D eigenvalue weighted by Crippen LogP contribution is 2.21. The van der Waals surface area contributed by atoms with E-state index >= 15 is 0 Å². The lowest BCUT2D eigenvalue weighted by molar-refractivity contribution is -0.140. The monoisotopic (exact) mass is 308 g/mol. The molecule has 118 valence electrons. The van der Waals surface area contributed by atoms with E-state index in [2.05, 4.69) is 0 Å². The molecule has 1 unspecified atom stereocenters. The van der Waals surface area contributed by atoms with E-state index in [1.54, 1.807) is 0 Å². The van der Waals surface area contributed by atoms with Crippen LogP contribution in [0.2, 0.25) is 0 Å². The van der Waals surface area contributed by atoms with Gasteiger partial charge in [0.25, 0.3) is 0 Å². The molecule has 1 aliphatic rings. The summed E-state index contributed by atoms with van der Waals surface area (Å²) >= 11 is 0. The average molecular weight is 308 g/mol. The number of carbonyl (C=O) groups is 2. The number of benzene rings is 2. The van der Waals surface area contributed by atoms with Crippen molar-refractivity contribution in [2.75, 3.05) is 7.05 Å². The van der Waals surface area contributed by atoms with Crippen molar-refractivity contribution in [2.45, 2.75) is 25.6 Å². The van der Waals surface area contributed by atoms with Crippen LogP contribution in [-0.2, 0) is 22.7 Å². The van der Waals surface area contributed by atoms with Crippen molar-refractivity contribution in [3.63, 3.8) is 0 Å². The van der Waals surface area contributed by atoms with Crippen molar-refractivity contribution in [2.24, 2.45) is 0 Å². The van der Waals surface area contributed by atoms with Gasteiger partial charge in [0.15, 0.2) is 0 Å². The molecule has 1 atom stereocenters. The minimum atomic E-state index is -0.369. The lowest BCUT2D eigenvalue weighted by atomic mass is 10.1. The molecule has 0 bridgehead atoms. The molecule has 23 heavy (non-hydrogen) atoms. The number of nitrogens with zero attached hydrogens (tertiary/aromatic N) is 2. The predicted octanol–water partition coefficient (Wildman–Crippen LogP) is 2.45. The number of carbonyl (C=O) groups excluding carboxylic acids is 2. The van der Waals surface area contributed by atoms with Crippen LogP contribution >= 0.6 is 0 Å². The summed E-state index contributed by atoms with van der Waals surface area (Å²) in [5.74, 6) is -0.193. The molecule has 4 heteroatoms. The molecule has 0 N–H and O–H groups in total. The first-order valence-electron chi connectivity index (χ1n) is 7.77. The Morgan fingerprint density at radius 2 is 1.52 bits per heavy atom. The molecule has 0 aromatic heterocycles. The Morgan fingerprint density at radius 1 is 0.957 bits per heavy atom. The van der Waals surface area contributed by atoms with E-state index in [-0.39, 0.29) is 24.3 Å². The van der Waals surface area contributed by atoms with Gasteiger partial charge in [-0.2, -0.15) is 0 Å². The molecule has 2 amide bonds. The third-order valence-electron chi connectivity index (χ3n) is 4.21. The van der Waals surface area contributed by atoms with Crippen LogP contribution in [0.1, 0.15) is 17.5 Å². The summed E-state index contributed by atoms with van der Waals surface area (Å²) in [6.45, 7) is 1.01. The van der Waals surface area contributed by atoms with E-state index in [9.17, 15) is 9.59 Å². The highest BCUT2D eigenvalue weighted by atomic mass is 16.2. The summed E-state index contributed by atoms with van der Waals surface area (Å²) in [6.07, 6.45) is 0.259. The van der Waals surface area contributed by atoms with Gasteiger partial charge in [-0.15, -0.1) is 0 Å². The molecule has 1 fully saturated rings. The third-order valence-corrected chi connectivity index (χ3v) is 4.21. The van der Waals surface area contributed by atoms with Crippen molar-refractivity contribution in [1.29, 1.82) is 0 Å². The zero-order valence-electron chi connectivity index (χ0n) is 13.2. The summed E-state index contributed by atoms with van der Waals surface area (Å²) in [6, 6.07) is 19.2. The largest absolute Gasteiger partial charge is 0.290 e. The number of hydrogen-bond acceptors (Lipinski definition) is 3. The highest BCUT2D eigenvalue weighted by molar-refractivity contribution is 6.05. The molecule has 0 spiro atoms. The maximum Gasteiger partial charge on any atom is 0.247 e. The fraction of sp³-hybridized carbons (Fsp3) is 0.263. The van der Waals surface area contributed by atoms with Gasteiger partial charge >= 0.3 is 0 Å². The SMILES string of the molecule is CN(Cc1ccccc1)C1CC(=O)N(Cc2ccccc2)C1=O. The summed E-state index contributed by atoms with van der Waals surface area (Å²) in [5, 5.41) is 0. The van der Waals surface area contributed by atoms with E-state index in [0.29, 0.717) is 13.1 Å². The Hall–Kier alpha value is -2.46. The minimum Gasteiger partial charge on any atom is -0.290 e. The Labute approximate surface area is 136 Å². The van der Waals surface area contributed by atoms with Gasteiger partial charge in [-0.3, -0.25) is 19.4 Å². The fourth-order valence-corrected chi connectivity index (χ4v) is 2.92. The van der Waals surface area contributed by atoms with Crippen LogP contribution in [0.4, 0.5) is 0 Å². The smallest absolute Gasteiger partial charge is 0.247 e. The molecule has 1 heterocycles. The second-order valence-corrected chi connectivity index (χ2v) is 5.92. The molecule has 2 aromatic rings. The molecule has 0 aliphatic carbocycles. The topological polar surface area (TPSA) is 40.6 Å². The Morgan fingerprint density at radius 3 is 2.13 bits per heavy atom. The quantitative estimate of drug-likeness (QED) is 0.797. The van der Waals surface area contributed by atoms with Crippen molar-refractivity contribution in [3.05, 3.63) is 71.8 Å². The van der Waals surface area contributed by atoms with Crippen LogP contribution in [0.15, 0.2) is 60.7 Å². The molecular formula is C19H20N2O2. The van der Waals surface area contributed by atoms with Crippen LogP contribution in [0.3, 0.4) is 0 Å². The second kappa shape index (κ2) is 6.75. The Kier molecular flexibility index (Phi) is 4.53. The third kappa shape index (κ3) is 3.48. The fourth-order valence-electron chi connectivity index (χ4n) is 2.92. The maximum absolute atomic E-state index is 12.6. The van der Waals surface area contributed by atoms with Gasteiger partial charge in [0, 0.05) is 6.54 Å². The maximum atomic E-state index is 12.6. The first-order valence-corrected chi connectivity index (χ1v) is 7.77. The van der Waals surface area contributed by atoms with Crippen LogP contribution in [0.25, 0.3) is 0 Å². The van der Waals surface area contributed by atoms with Crippen molar-refractivity contribution in [3.8, 4) is 0 Å². The van der Waals surface area contributed by atoms with E-state index in [1.807, 2.05) is 72.6 Å². The molecular weight excluding hydrogens is 288 g/mol. The second-order valence-electron chi connectivity index (χ2n) is 5.92. The lowest BCUT2D eigenvalue weighted by Crippen LogP contribution is -2.39. The Bertz CT molecular complexity index is 685. The number of imide groups is 1. The molecule has 4 nitrogen and oxygen atoms in total. The van der Waals surface area contributed by atoms with E-state index in [4.69, 9.17) is 0 Å². The van der Waals surface area contributed by atoms with Gasteiger partial charge in [0.1, 0.15) is 0 Å². The summed E-state index contributed by atoms with van der Waals surface area (Å²) in [5.41, 5.74) is 2.11. The zero-order chi connectivity index (χ0) is 16.2. The van der Waals surface area contributed by atoms with E-state index in [1.165, 1.54) is 4.90 Å². The summed E-state index contributed by atoms with van der Waals surface area (Å²) in [7, 11) is 1.90. The normalized spacial score (nSPS) is 18.0. The number of amides is 2. The molecule has 0 radical (unpaired) electrons. The summed E-state index contributed by atoms with van der Waals surface area (Å²) in [4.78, 5) is 28.2. The lowest BCUT2D eigenvalue weighted by Gasteiger charge is -2.23. The standard InChI is InChI=1S/C19H20N2O2/c1-20(13-15-8-4-2-5-9-15)17-12-18(22)21(19(17)23)14-16-10-6-3-7-11-16/h2-11,17H,12-14H2,1H3. The van der Waals surface area contributed by atoms with Gasteiger partial charge in [-0.25, -0.2) is 0 Å².